The van der Waals surface area contributed by atoms with E-state index in [1.165, 1.54) is 6.92 Å². The first-order chi connectivity index (χ1) is 10.5. The van der Waals surface area contributed by atoms with Gasteiger partial charge in [-0.2, -0.15) is 0 Å². The van der Waals surface area contributed by atoms with E-state index in [9.17, 15) is 10.0 Å². The fraction of sp³-hybridized carbons (Fsp3) is 0.278. The average molecular weight is 323 g/mol. The molecule has 23 heavy (non-hydrogen) atoms. The SMILES string of the molecule is CC(=O)N(O)C(C)c1ccc(OC(C)c2ccccc2)cc1.[H-].[Na+]. The molecule has 118 valence electrons. The molecule has 2 atom stereocenters. The number of ether oxygens (including phenoxy) is 1. The van der Waals surface area contributed by atoms with Crippen LogP contribution in [-0.2, 0) is 4.79 Å². The zero-order valence-electron chi connectivity index (χ0n) is 15.1. The Bertz CT molecular complexity index is 622. The van der Waals surface area contributed by atoms with Crippen molar-refractivity contribution in [1.82, 2.24) is 5.06 Å². The van der Waals surface area contributed by atoms with Crippen molar-refractivity contribution in [1.29, 1.82) is 0 Å². The molecule has 0 saturated heterocycles. The molecule has 0 aliphatic carbocycles. The molecule has 0 bridgehead atoms. The van der Waals surface area contributed by atoms with E-state index in [2.05, 4.69) is 0 Å². The third kappa shape index (κ3) is 5.36. The van der Waals surface area contributed by atoms with Crippen molar-refractivity contribution in [3.8, 4) is 5.75 Å². The summed E-state index contributed by atoms with van der Waals surface area (Å²) in [6.45, 7) is 5.09. The summed E-state index contributed by atoms with van der Waals surface area (Å²) in [5, 5.41) is 10.4. The normalized spacial score (nSPS) is 12.7. The maximum Gasteiger partial charge on any atom is 1.00 e. The Morgan fingerprint density at radius 3 is 2.13 bits per heavy atom. The summed E-state index contributed by atoms with van der Waals surface area (Å²) in [6, 6.07) is 17.0. The van der Waals surface area contributed by atoms with Crippen LogP contribution in [0.5, 0.6) is 5.75 Å². The van der Waals surface area contributed by atoms with E-state index in [0.29, 0.717) is 0 Å². The molecular formula is C18H22NNaO3. The topological polar surface area (TPSA) is 49.8 Å². The summed E-state index contributed by atoms with van der Waals surface area (Å²) in [4.78, 5) is 11.2. The van der Waals surface area contributed by atoms with Crippen molar-refractivity contribution < 1.29 is 45.7 Å². The molecule has 0 aromatic heterocycles. The summed E-state index contributed by atoms with van der Waals surface area (Å²) >= 11 is 0. The predicted octanol–water partition coefficient (Wildman–Crippen LogP) is 1.24. The number of carbonyl (C=O) groups excluding carboxylic acids is 1. The van der Waals surface area contributed by atoms with Gasteiger partial charge in [0.25, 0.3) is 0 Å². The van der Waals surface area contributed by atoms with Crippen LogP contribution in [0, 0.1) is 0 Å². The minimum Gasteiger partial charge on any atom is -1.00 e. The maximum absolute atomic E-state index is 11.2. The van der Waals surface area contributed by atoms with Gasteiger partial charge < -0.3 is 6.16 Å². The first-order valence-electron chi connectivity index (χ1n) is 7.29. The van der Waals surface area contributed by atoms with Gasteiger partial charge in [0, 0.05) is 6.92 Å². The molecule has 5 heteroatoms. The minimum atomic E-state index is -0.391. The number of rotatable bonds is 5. The second-order valence-corrected chi connectivity index (χ2v) is 5.28. The molecule has 0 radical (unpaired) electrons. The molecule has 2 aromatic rings. The van der Waals surface area contributed by atoms with Crippen molar-refractivity contribution in [2.24, 2.45) is 0 Å². The van der Waals surface area contributed by atoms with Crippen LogP contribution in [-0.4, -0.2) is 16.2 Å². The van der Waals surface area contributed by atoms with Gasteiger partial charge in [0.15, 0.2) is 0 Å². The Balaban J connectivity index is 0.00000264. The van der Waals surface area contributed by atoms with Crippen LogP contribution in [0.3, 0.4) is 0 Å². The fourth-order valence-electron chi connectivity index (χ4n) is 2.24. The molecule has 0 aliphatic rings. The van der Waals surface area contributed by atoms with E-state index in [1.807, 2.05) is 61.5 Å². The molecule has 0 spiro atoms. The largest absolute Gasteiger partial charge is 1.00 e. The van der Waals surface area contributed by atoms with Gasteiger partial charge >= 0.3 is 29.6 Å². The molecule has 2 aromatic carbocycles. The van der Waals surface area contributed by atoms with Crippen molar-refractivity contribution in [3.05, 3.63) is 65.7 Å². The fourth-order valence-corrected chi connectivity index (χ4v) is 2.24. The zero-order chi connectivity index (χ0) is 16.1. The third-order valence-electron chi connectivity index (χ3n) is 3.63. The maximum atomic E-state index is 11.2. The smallest absolute Gasteiger partial charge is 1.00 e. The van der Waals surface area contributed by atoms with Gasteiger partial charge in [0.05, 0.1) is 6.04 Å². The molecule has 0 heterocycles. The second-order valence-electron chi connectivity index (χ2n) is 5.28. The number of hydrogen-bond acceptors (Lipinski definition) is 3. The summed E-state index contributed by atoms with van der Waals surface area (Å²) in [6.07, 6.45) is -0.0453. The van der Waals surface area contributed by atoms with Crippen molar-refractivity contribution in [2.45, 2.75) is 32.9 Å². The third-order valence-corrected chi connectivity index (χ3v) is 3.63. The number of carbonyl (C=O) groups is 1. The Morgan fingerprint density at radius 2 is 1.61 bits per heavy atom. The van der Waals surface area contributed by atoms with E-state index in [1.54, 1.807) is 6.92 Å². The predicted molar refractivity (Wildman–Crippen MR) is 85.8 cm³/mol. The van der Waals surface area contributed by atoms with Crippen LogP contribution in [0.25, 0.3) is 0 Å². The van der Waals surface area contributed by atoms with Gasteiger partial charge in [-0.3, -0.25) is 10.0 Å². The Labute approximate surface area is 160 Å². The average Bonchev–Trinajstić information content (AvgIpc) is 2.55. The van der Waals surface area contributed by atoms with E-state index in [0.717, 1.165) is 21.9 Å². The van der Waals surface area contributed by atoms with Gasteiger partial charge in [0.1, 0.15) is 11.9 Å². The second kappa shape index (κ2) is 9.08. The van der Waals surface area contributed by atoms with Crippen molar-refractivity contribution >= 4 is 5.91 Å². The molecular weight excluding hydrogens is 301 g/mol. The van der Waals surface area contributed by atoms with E-state index >= 15 is 0 Å². The molecule has 0 fully saturated rings. The molecule has 1 N–H and O–H groups in total. The summed E-state index contributed by atoms with van der Waals surface area (Å²) in [5.41, 5.74) is 1.95. The summed E-state index contributed by atoms with van der Waals surface area (Å²) < 4.78 is 5.90. The van der Waals surface area contributed by atoms with Crippen LogP contribution < -0.4 is 34.3 Å². The quantitative estimate of drug-likeness (QED) is 0.512. The first-order valence-corrected chi connectivity index (χ1v) is 7.29. The Kier molecular flexibility index (Phi) is 7.79. The van der Waals surface area contributed by atoms with Gasteiger partial charge in [-0.1, -0.05) is 42.5 Å². The van der Waals surface area contributed by atoms with Crippen LogP contribution in [0.2, 0.25) is 0 Å². The van der Waals surface area contributed by atoms with Crippen LogP contribution >= 0.6 is 0 Å². The Hall–Kier alpha value is -1.33. The van der Waals surface area contributed by atoms with Gasteiger partial charge in [-0.25, -0.2) is 5.06 Å². The van der Waals surface area contributed by atoms with Crippen molar-refractivity contribution in [2.75, 3.05) is 0 Å². The van der Waals surface area contributed by atoms with E-state index in [4.69, 9.17) is 4.74 Å². The first kappa shape index (κ1) is 19.7. The number of nitrogens with zero attached hydrogens (tertiary/aromatic N) is 1. The zero-order valence-corrected chi connectivity index (χ0v) is 16.1. The molecule has 2 rings (SSSR count). The van der Waals surface area contributed by atoms with E-state index in [-0.39, 0.29) is 43.0 Å². The van der Waals surface area contributed by atoms with Crippen molar-refractivity contribution in [3.63, 3.8) is 0 Å². The number of hydroxylamine groups is 2. The summed E-state index contributed by atoms with van der Waals surface area (Å²) in [7, 11) is 0. The van der Waals surface area contributed by atoms with Crippen LogP contribution in [0.15, 0.2) is 54.6 Å². The van der Waals surface area contributed by atoms with Gasteiger partial charge in [-0.05, 0) is 37.1 Å². The molecule has 2 unspecified atom stereocenters. The van der Waals surface area contributed by atoms with Gasteiger partial charge in [-0.15, -0.1) is 0 Å². The number of amides is 1. The molecule has 0 saturated carbocycles. The van der Waals surface area contributed by atoms with Crippen LogP contribution in [0.1, 0.15) is 45.5 Å². The summed E-state index contributed by atoms with van der Waals surface area (Å²) in [5.74, 6) is 0.366. The van der Waals surface area contributed by atoms with E-state index < -0.39 is 6.04 Å². The monoisotopic (exact) mass is 323 g/mol. The van der Waals surface area contributed by atoms with Crippen LogP contribution in [0.4, 0.5) is 0 Å². The number of hydrogen-bond donors (Lipinski definition) is 1. The minimum absolute atomic E-state index is 0. The molecule has 4 nitrogen and oxygen atoms in total. The Morgan fingerprint density at radius 1 is 1.04 bits per heavy atom. The molecule has 1 amide bonds. The molecule has 0 aliphatic heterocycles. The number of benzene rings is 2. The standard InChI is InChI=1S/C18H21NO3.Na.H/c1-13(19(21)15(3)20)16-9-11-18(12-10-16)22-14(2)17-7-5-4-6-8-17;;/h4-14,21H,1-3H3;;/q;+1;-1. The van der Waals surface area contributed by atoms with Gasteiger partial charge in [0.2, 0.25) is 5.91 Å².